The third-order valence-electron chi connectivity index (χ3n) is 5.45. The summed E-state index contributed by atoms with van der Waals surface area (Å²) in [6.45, 7) is 8.27. The second-order valence-electron chi connectivity index (χ2n) is 6.93. The highest BCUT2D eigenvalue weighted by Gasteiger charge is 2.33. The molecule has 2 aliphatic heterocycles. The molecule has 3 heterocycles. The number of nitrogens with zero attached hydrogens (tertiary/aromatic N) is 4. The van der Waals surface area contributed by atoms with E-state index < -0.39 is 0 Å². The van der Waals surface area contributed by atoms with E-state index in [1.165, 1.54) is 0 Å². The van der Waals surface area contributed by atoms with Crippen molar-refractivity contribution in [1.29, 1.82) is 0 Å². The average Bonchev–Trinajstić information content (AvgIpc) is 2.99. The molecule has 0 bridgehead atoms. The monoisotopic (exact) mass is 383 g/mol. The van der Waals surface area contributed by atoms with Crippen molar-refractivity contribution in [2.24, 2.45) is 13.0 Å². The van der Waals surface area contributed by atoms with E-state index in [1.807, 2.05) is 35.4 Å². The summed E-state index contributed by atoms with van der Waals surface area (Å²) < 4.78 is 1.84. The number of amides is 2. The molecule has 0 saturated carbocycles. The predicted octanol–water partition coefficient (Wildman–Crippen LogP) is 1.21. The lowest BCUT2D eigenvalue weighted by atomic mass is 9.95. The van der Waals surface area contributed by atoms with Crippen molar-refractivity contribution in [3.05, 3.63) is 17.0 Å². The molecule has 146 valence electrons. The van der Waals surface area contributed by atoms with Gasteiger partial charge in [0.25, 0.3) is 5.91 Å². The van der Waals surface area contributed by atoms with Crippen LogP contribution in [0.5, 0.6) is 0 Å². The Hall–Kier alpha value is -1.60. The summed E-state index contributed by atoms with van der Waals surface area (Å²) in [6, 6.07) is 0. The van der Waals surface area contributed by atoms with Crippen LogP contribution in [0.3, 0.4) is 0 Å². The van der Waals surface area contributed by atoms with Gasteiger partial charge >= 0.3 is 0 Å². The molecule has 26 heavy (non-hydrogen) atoms. The molecule has 1 atom stereocenters. The van der Waals surface area contributed by atoms with Crippen molar-refractivity contribution in [3.8, 4) is 0 Å². The minimum Gasteiger partial charge on any atom is -0.343 e. The highest BCUT2D eigenvalue weighted by atomic mass is 35.5. The van der Waals surface area contributed by atoms with Gasteiger partial charge in [-0.05, 0) is 26.7 Å². The Balaban J connectivity index is 0.00000243. The molecule has 1 aromatic heterocycles. The molecule has 2 aliphatic rings. The SMILES string of the molecule is CCN(CC)C(=O)C1CCCN(C(=O)c2nn(C)c3c2CNCC3)C1.Cl. The number of piperidine rings is 1. The quantitative estimate of drug-likeness (QED) is 0.848. The van der Waals surface area contributed by atoms with Gasteiger partial charge in [0.05, 0.1) is 5.92 Å². The van der Waals surface area contributed by atoms with Crippen molar-refractivity contribution in [3.63, 3.8) is 0 Å². The topological polar surface area (TPSA) is 70.5 Å². The van der Waals surface area contributed by atoms with Gasteiger partial charge < -0.3 is 15.1 Å². The van der Waals surface area contributed by atoms with Crippen LogP contribution in [0.2, 0.25) is 0 Å². The number of likely N-dealkylation sites (tertiary alicyclic amines) is 1. The summed E-state index contributed by atoms with van der Waals surface area (Å²) in [5, 5.41) is 7.82. The first-order chi connectivity index (χ1) is 12.1. The number of rotatable bonds is 4. The molecule has 7 nitrogen and oxygen atoms in total. The van der Waals surface area contributed by atoms with Crippen LogP contribution in [0.15, 0.2) is 0 Å². The van der Waals surface area contributed by atoms with Gasteiger partial charge in [0.2, 0.25) is 5.91 Å². The number of carbonyl (C=O) groups is 2. The van der Waals surface area contributed by atoms with Gasteiger partial charge in [0.1, 0.15) is 0 Å². The molecule has 0 aliphatic carbocycles. The molecule has 3 rings (SSSR count). The van der Waals surface area contributed by atoms with Crippen molar-refractivity contribution >= 4 is 24.2 Å². The summed E-state index contributed by atoms with van der Waals surface area (Å²) in [7, 11) is 1.91. The van der Waals surface area contributed by atoms with E-state index in [-0.39, 0.29) is 30.1 Å². The van der Waals surface area contributed by atoms with E-state index in [0.717, 1.165) is 50.2 Å². The Morgan fingerprint density at radius 2 is 2.04 bits per heavy atom. The van der Waals surface area contributed by atoms with Crippen LogP contribution < -0.4 is 5.32 Å². The highest BCUT2D eigenvalue weighted by molar-refractivity contribution is 5.94. The molecule has 8 heteroatoms. The Labute approximate surface area is 161 Å². The van der Waals surface area contributed by atoms with E-state index in [1.54, 1.807) is 0 Å². The third-order valence-corrected chi connectivity index (χ3v) is 5.45. The fourth-order valence-corrected chi connectivity index (χ4v) is 4.00. The number of hydrogen-bond acceptors (Lipinski definition) is 4. The smallest absolute Gasteiger partial charge is 0.274 e. The first-order valence-electron chi connectivity index (χ1n) is 9.40. The molecule has 0 radical (unpaired) electrons. The van der Waals surface area contributed by atoms with Gasteiger partial charge in [0, 0.05) is 64.0 Å². The van der Waals surface area contributed by atoms with E-state index in [0.29, 0.717) is 25.3 Å². The number of aryl methyl sites for hydroxylation is 1. The average molecular weight is 384 g/mol. The van der Waals surface area contributed by atoms with Crippen LogP contribution in [-0.4, -0.2) is 64.1 Å². The standard InChI is InChI=1S/C18H29N5O2.ClH/c1-4-22(5-2)17(24)13-7-6-10-23(12-13)18(25)16-14-11-19-9-8-15(14)21(3)20-16;/h13,19H,4-12H2,1-3H3;1H. The van der Waals surface area contributed by atoms with Crippen LogP contribution in [0.25, 0.3) is 0 Å². The van der Waals surface area contributed by atoms with E-state index >= 15 is 0 Å². The van der Waals surface area contributed by atoms with Crippen LogP contribution in [0, 0.1) is 5.92 Å². The Kier molecular flexibility index (Phi) is 7.06. The normalized spacial score (nSPS) is 19.5. The highest BCUT2D eigenvalue weighted by Crippen LogP contribution is 2.23. The molecule has 1 saturated heterocycles. The lowest BCUT2D eigenvalue weighted by Gasteiger charge is -2.34. The zero-order chi connectivity index (χ0) is 18.0. The van der Waals surface area contributed by atoms with Crippen LogP contribution >= 0.6 is 12.4 Å². The first-order valence-corrected chi connectivity index (χ1v) is 9.40. The summed E-state index contributed by atoms with van der Waals surface area (Å²) in [5.74, 6) is 0.0556. The second kappa shape index (κ2) is 8.86. The summed E-state index contributed by atoms with van der Waals surface area (Å²) in [5.41, 5.74) is 2.73. The summed E-state index contributed by atoms with van der Waals surface area (Å²) >= 11 is 0. The third kappa shape index (κ3) is 3.88. The van der Waals surface area contributed by atoms with Crippen LogP contribution in [0.4, 0.5) is 0 Å². The number of aromatic nitrogens is 2. The van der Waals surface area contributed by atoms with E-state index in [2.05, 4.69) is 10.4 Å². The molecule has 0 aromatic carbocycles. The maximum Gasteiger partial charge on any atom is 0.274 e. The van der Waals surface area contributed by atoms with Crippen molar-refractivity contribution in [2.45, 2.75) is 39.7 Å². The maximum atomic E-state index is 13.1. The second-order valence-corrected chi connectivity index (χ2v) is 6.93. The fourth-order valence-electron chi connectivity index (χ4n) is 4.00. The molecule has 1 aromatic rings. The first kappa shape index (κ1) is 20.7. The molecular weight excluding hydrogens is 354 g/mol. The largest absolute Gasteiger partial charge is 0.343 e. The molecular formula is C18H30ClN5O2. The van der Waals surface area contributed by atoms with E-state index in [9.17, 15) is 9.59 Å². The van der Waals surface area contributed by atoms with Gasteiger partial charge in [-0.3, -0.25) is 14.3 Å². The maximum absolute atomic E-state index is 13.1. The van der Waals surface area contributed by atoms with Crippen LogP contribution in [-0.2, 0) is 24.8 Å². The number of fused-ring (bicyclic) bond motifs is 1. The van der Waals surface area contributed by atoms with Crippen molar-refractivity contribution in [1.82, 2.24) is 24.9 Å². The fraction of sp³-hybridized carbons (Fsp3) is 0.722. The number of carbonyl (C=O) groups excluding carboxylic acids is 2. The van der Waals surface area contributed by atoms with Crippen molar-refractivity contribution in [2.75, 3.05) is 32.7 Å². The van der Waals surface area contributed by atoms with Gasteiger partial charge in [-0.15, -0.1) is 12.4 Å². The van der Waals surface area contributed by atoms with Gasteiger partial charge in [0.15, 0.2) is 5.69 Å². The van der Waals surface area contributed by atoms with Gasteiger partial charge in [-0.1, -0.05) is 0 Å². The van der Waals surface area contributed by atoms with Gasteiger partial charge in [-0.25, -0.2) is 0 Å². The molecule has 1 fully saturated rings. The lowest BCUT2D eigenvalue weighted by Crippen LogP contribution is -2.47. The van der Waals surface area contributed by atoms with Crippen molar-refractivity contribution < 1.29 is 9.59 Å². The molecule has 1 N–H and O–H groups in total. The van der Waals surface area contributed by atoms with Gasteiger partial charge in [-0.2, -0.15) is 5.10 Å². The van der Waals surface area contributed by atoms with Crippen LogP contribution in [0.1, 0.15) is 48.4 Å². The minimum atomic E-state index is -0.0877. The Morgan fingerprint density at radius 3 is 2.73 bits per heavy atom. The number of halogens is 1. The minimum absolute atomic E-state index is 0. The summed E-state index contributed by atoms with van der Waals surface area (Å²) in [4.78, 5) is 29.4. The number of hydrogen-bond donors (Lipinski definition) is 1. The van der Waals surface area contributed by atoms with E-state index in [4.69, 9.17) is 0 Å². The lowest BCUT2D eigenvalue weighted by molar-refractivity contribution is -0.136. The Bertz CT molecular complexity index is 656. The molecule has 0 spiro atoms. The molecule has 1 unspecified atom stereocenters. The Morgan fingerprint density at radius 1 is 1.31 bits per heavy atom. The predicted molar refractivity (Wildman–Crippen MR) is 102 cm³/mol. The zero-order valence-corrected chi connectivity index (χ0v) is 16.8. The zero-order valence-electron chi connectivity index (χ0n) is 16.0. The number of nitrogens with one attached hydrogen (secondary N) is 1. The molecule has 2 amide bonds. The summed E-state index contributed by atoms with van der Waals surface area (Å²) in [6.07, 6.45) is 2.63.